The number of benzene rings is 2. The highest BCUT2D eigenvalue weighted by molar-refractivity contribution is 6.01. The van der Waals surface area contributed by atoms with Crippen molar-refractivity contribution in [2.45, 2.75) is 32.8 Å². The summed E-state index contributed by atoms with van der Waals surface area (Å²) in [5, 5.41) is 12.0. The highest BCUT2D eigenvalue weighted by atomic mass is 16.5. The highest BCUT2D eigenvalue weighted by Gasteiger charge is 2.20. The molecule has 2 aromatic rings. The minimum atomic E-state index is -1.07. The van der Waals surface area contributed by atoms with Gasteiger partial charge in [0.2, 0.25) is 0 Å². The molecule has 2 rings (SSSR count). The standard InChI is InChI=1S/C23H24N2O4/c1-15(2)18-7-5-17(6-8-18)13-19(14-24)23(27)29-16(3)22(26)25-20-9-11-21(28-4)12-10-20/h5-13,15-16H,1-4H3,(H,25,26)/b19-13+/t16-/m0/s1. The molecular formula is C23H24N2O4. The van der Waals surface area contributed by atoms with Gasteiger partial charge in [-0.2, -0.15) is 5.26 Å². The Morgan fingerprint density at radius 2 is 1.66 bits per heavy atom. The van der Waals surface area contributed by atoms with Gasteiger partial charge < -0.3 is 14.8 Å². The molecule has 0 heterocycles. The molecule has 6 nitrogen and oxygen atoms in total. The van der Waals surface area contributed by atoms with Gasteiger partial charge in [0.15, 0.2) is 6.10 Å². The zero-order valence-corrected chi connectivity index (χ0v) is 16.9. The minimum absolute atomic E-state index is 0.175. The number of carbonyl (C=O) groups is 2. The number of carbonyl (C=O) groups excluding carboxylic acids is 2. The average Bonchev–Trinajstić information content (AvgIpc) is 2.72. The lowest BCUT2D eigenvalue weighted by atomic mass is 10.0. The maximum absolute atomic E-state index is 12.3. The van der Waals surface area contributed by atoms with E-state index in [4.69, 9.17) is 9.47 Å². The molecule has 0 aliphatic heterocycles. The van der Waals surface area contributed by atoms with Gasteiger partial charge in [0.25, 0.3) is 5.91 Å². The minimum Gasteiger partial charge on any atom is -0.497 e. The van der Waals surface area contributed by atoms with Gasteiger partial charge in [0.1, 0.15) is 17.4 Å². The molecule has 1 atom stereocenters. The van der Waals surface area contributed by atoms with Crippen LogP contribution in [0.2, 0.25) is 0 Å². The summed E-state index contributed by atoms with van der Waals surface area (Å²) in [4.78, 5) is 24.5. The van der Waals surface area contributed by atoms with E-state index in [1.54, 1.807) is 31.4 Å². The first-order chi connectivity index (χ1) is 13.8. The highest BCUT2D eigenvalue weighted by Crippen LogP contribution is 2.18. The molecule has 29 heavy (non-hydrogen) atoms. The monoisotopic (exact) mass is 392 g/mol. The van der Waals surface area contributed by atoms with Crippen LogP contribution in [0.4, 0.5) is 5.69 Å². The number of esters is 1. The molecule has 0 spiro atoms. The zero-order chi connectivity index (χ0) is 21.4. The van der Waals surface area contributed by atoms with Gasteiger partial charge in [0.05, 0.1) is 7.11 Å². The molecule has 0 radical (unpaired) electrons. The van der Waals surface area contributed by atoms with Crippen LogP contribution < -0.4 is 10.1 Å². The molecule has 0 aliphatic rings. The van der Waals surface area contributed by atoms with E-state index in [1.165, 1.54) is 13.0 Å². The Morgan fingerprint density at radius 1 is 1.03 bits per heavy atom. The van der Waals surface area contributed by atoms with E-state index < -0.39 is 18.0 Å². The number of hydrogen-bond acceptors (Lipinski definition) is 5. The molecule has 1 amide bonds. The van der Waals surface area contributed by atoms with Crippen molar-refractivity contribution in [3.8, 4) is 11.8 Å². The molecule has 0 saturated heterocycles. The Kier molecular flexibility index (Phi) is 7.55. The quantitative estimate of drug-likeness (QED) is 0.431. The molecule has 1 N–H and O–H groups in total. The van der Waals surface area contributed by atoms with E-state index >= 15 is 0 Å². The maximum Gasteiger partial charge on any atom is 0.349 e. The number of hydrogen-bond donors (Lipinski definition) is 1. The number of methoxy groups -OCH3 is 1. The van der Waals surface area contributed by atoms with Crippen LogP contribution in [0.25, 0.3) is 6.08 Å². The van der Waals surface area contributed by atoms with Gasteiger partial charge in [0, 0.05) is 5.69 Å². The van der Waals surface area contributed by atoms with E-state index in [-0.39, 0.29) is 5.57 Å². The van der Waals surface area contributed by atoms with E-state index in [1.807, 2.05) is 30.3 Å². The second-order valence-corrected chi connectivity index (χ2v) is 6.76. The lowest BCUT2D eigenvalue weighted by molar-refractivity contribution is -0.148. The third-order valence-electron chi connectivity index (χ3n) is 4.27. The van der Waals surface area contributed by atoms with Gasteiger partial charge in [-0.05, 0) is 54.3 Å². The van der Waals surface area contributed by atoms with Crippen LogP contribution in [0, 0.1) is 11.3 Å². The molecule has 2 aromatic carbocycles. The summed E-state index contributed by atoms with van der Waals surface area (Å²) < 4.78 is 10.2. The summed E-state index contributed by atoms with van der Waals surface area (Å²) in [5.74, 6) is -0.300. The molecule has 6 heteroatoms. The Morgan fingerprint density at radius 3 is 2.17 bits per heavy atom. The van der Waals surface area contributed by atoms with Crippen LogP contribution in [-0.4, -0.2) is 25.1 Å². The smallest absolute Gasteiger partial charge is 0.349 e. The number of rotatable bonds is 7. The van der Waals surface area contributed by atoms with Crippen molar-refractivity contribution in [2.24, 2.45) is 0 Å². The lowest BCUT2D eigenvalue weighted by Crippen LogP contribution is -2.30. The third-order valence-corrected chi connectivity index (χ3v) is 4.27. The number of nitrogens with one attached hydrogen (secondary N) is 1. The second-order valence-electron chi connectivity index (χ2n) is 6.76. The van der Waals surface area contributed by atoms with Crippen LogP contribution in [0.5, 0.6) is 5.75 Å². The number of nitrogens with zero attached hydrogens (tertiary/aromatic N) is 1. The summed E-state index contributed by atoms with van der Waals surface area (Å²) >= 11 is 0. The Bertz CT molecular complexity index is 923. The number of amides is 1. The van der Waals surface area contributed by atoms with Crippen molar-refractivity contribution in [1.29, 1.82) is 5.26 Å². The van der Waals surface area contributed by atoms with Gasteiger partial charge >= 0.3 is 5.97 Å². The van der Waals surface area contributed by atoms with Gasteiger partial charge in [-0.15, -0.1) is 0 Å². The first kappa shape index (κ1) is 21.7. The largest absolute Gasteiger partial charge is 0.497 e. The van der Waals surface area contributed by atoms with E-state index in [0.717, 1.165) is 5.56 Å². The van der Waals surface area contributed by atoms with Crippen molar-refractivity contribution in [2.75, 3.05) is 12.4 Å². The fraction of sp³-hybridized carbons (Fsp3) is 0.261. The van der Waals surface area contributed by atoms with Crippen LogP contribution in [0.15, 0.2) is 54.1 Å². The molecule has 0 aromatic heterocycles. The summed E-state index contributed by atoms with van der Waals surface area (Å²) in [5.41, 5.74) is 2.23. The Balaban J connectivity index is 2.01. The summed E-state index contributed by atoms with van der Waals surface area (Å²) in [6.07, 6.45) is 0.380. The summed E-state index contributed by atoms with van der Waals surface area (Å²) in [7, 11) is 1.55. The van der Waals surface area contributed by atoms with Crippen molar-refractivity contribution in [3.05, 3.63) is 65.2 Å². The number of anilines is 1. The normalized spacial score (nSPS) is 12.1. The Labute approximate surface area is 170 Å². The maximum atomic E-state index is 12.3. The van der Waals surface area contributed by atoms with Gasteiger partial charge in [-0.25, -0.2) is 4.79 Å². The molecule has 0 aliphatic carbocycles. The molecule has 150 valence electrons. The van der Waals surface area contributed by atoms with E-state index in [2.05, 4.69) is 19.2 Å². The first-order valence-electron chi connectivity index (χ1n) is 9.21. The van der Waals surface area contributed by atoms with Crippen molar-refractivity contribution in [3.63, 3.8) is 0 Å². The predicted molar refractivity (Wildman–Crippen MR) is 111 cm³/mol. The molecule has 0 fully saturated rings. The first-order valence-corrected chi connectivity index (χ1v) is 9.21. The average molecular weight is 392 g/mol. The SMILES string of the molecule is COc1ccc(NC(=O)[C@H](C)OC(=O)/C(C#N)=C/c2ccc(C(C)C)cc2)cc1. The zero-order valence-electron chi connectivity index (χ0n) is 16.9. The predicted octanol–water partition coefficient (Wildman–Crippen LogP) is 4.30. The lowest BCUT2D eigenvalue weighted by Gasteiger charge is -2.13. The van der Waals surface area contributed by atoms with Crippen molar-refractivity contribution in [1.82, 2.24) is 0 Å². The van der Waals surface area contributed by atoms with Crippen LogP contribution >= 0.6 is 0 Å². The van der Waals surface area contributed by atoms with Gasteiger partial charge in [-0.3, -0.25) is 4.79 Å². The third kappa shape index (κ3) is 6.22. The number of nitriles is 1. The van der Waals surface area contributed by atoms with Crippen molar-refractivity contribution >= 4 is 23.6 Å². The van der Waals surface area contributed by atoms with E-state index in [9.17, 15) is 14.9 Å². The van der Waals surface area contributed by atoms with Crippen LogP contribution in [0.1, 0.15) is 37.8 Å². The molecule has 0 unspecified atom stereocenters. The Hall–Kier alpha value is -3.59. The van der Waals surface area contributed by atoms with E-state index in [0.29, 0.717) is 22.9 Å². The summed E-state index contributed by atoms with van der Waals surface area (Å²) in [6, 6.07) is 16.1. The van der Waals surface area contributed by atoms with Gasteiger partial charge in [-0.1, -0.05) is 38.1 Å². The fourth-order valence-corrected chi connectivity index (χ4v) is 2.48. The number of ether oxygens (including phenoxy) is 2. The molecular weight excluding hydrogens is 368 g/mol. The van der Waals surface area contributed by atoms with Crippen LogP contribution in [-0.2, 0) is 14.3 Å². The molecule has 0 bridgehead atoms. The van der Waals surface area contributed by atoms with Crippen molar-refractivity contribution < 1.29 is 19.1 Å². The molecule has 0 saturated carbocycles. The topological polar surface area (TPSA) is 88.4 Å². The van der Waals surface area contributed by atoms with Crippen LogP contribution in [0.3, 0.4) is 0 Å². The fourth-order valence-electron chi connectivity index (χ4n) is 2.48. The second kappa shape index (κ2) is 10.1. The summed E-state index contributed by atoms with van der Waals surface area (Å²) in [6.45, 7) is 5.62.